The third kappa shape index (κ3) is 6.02. The van der Waals surface area contributed by atoms with Crippen molar-refractivity contribution in [2.45, 2.75) is 58.2 Å². The quantitative estimate of drug-likeness (QED) is 0.392. The van der Waals surface area contributed by atoms with Crippen LogP contribution in [0.5, 0.6) is 5.75 Å². The molecule has 1 aliphatic heterocycles. The first-order valence-electron chi connectivity index (χ1n) is 12.4. The highest BCUT2D eigenvalue weighted by Crippen LogP contribution is 2.38. The van der Waals surface area contributed by atoms with E-state index in [4.69, 9.17) is 0 Å². The van der Waals surface area contributed by atoms with Gasteiger partial charge in [0.05, 0.1) is 12.6 Å². The highest BCUT2D eigenvalue weighted by atomic mass is 19.3. The van der Waals surface area contributed by atoms with E-state index < -0.39 is 53.9 Å². The van der Waals surface area contributed by atoms with Crippen molar-refractivity contribution in [1.29, 1.82) is 0 Å². The van der Waals surface area contributed by atoms with Gasteiger partial charge < -0.3 is 25.7 Å². The van der Waals surface area contributed by atoms with Crippen LogP contribution in [0.15, 0.2) is 54.1 Å². The average molecular weight is 530 g/mol. The van der Waals surface area contributed by atoms with Crippen LogP contribution in [-0.4, -0.2) is 70.0 Å². The van der Waals surface area contributed by atoms with Crippen LogP contribution in [0.3, 0.4) is 0 Å². The predicted octanol–water partition coefficient (Wildman–Crippen LogP) is 2.64. The number of aromatic hydroxyl groups is 1. The summed E-state index contributed by atoms with van der Waals surface area (Å²) in [6.45, 7) is 5.32. The molecule has 0 aliphatic carbocycles. The fourth-order valence-electron chi connectivity index (χ4n) is 4.67. The molecule has 2 aromatic carbocycles. The number of benzene rings is 2. The molecule has 4 N–H and O–H groups in total. The maximum Gasteiger partial charge on any atom is 0.289 e. The predicted molar refractivity (Wildman–Crippen MR) is 138 cm³/mol. The van der Waals surface area contributed by atoms with E-state index in [1.807, 2.05) is 0 Å². The number of carbonyl (C=O) groups is 3. The van der Waals surface area contributed by atoms with E-state index >= 15 is 0 Å². The normalized spacial score (nSPS) is 19.2. The SMILES string of the molecule is C/C=C1/C(C(=O)NCC)N(C(=O)C(O)C(Cc2ccccc2)NC(=O)c2cc(C)cc(O)c2C)CC1(F)F. The Bertz CT molecular complexity index is 1230. The zero-order valence-corrected chi connectivity index (χ0v) is 21.8. The van der Waals surface area contributed by atoms with E-state index in [-0.39, 0.29) is 24.3 Å². The summed E-state index contributed by atoms with van der Waals surface area (Å²) in [6.07, 6.45) is -0.833. The van der Waals surface area contributed by atoms with E-state index in [9.17, 15) is 33.4 Å². The van der Waals surface area contributed by atoms with Gasteiger partial charge in [-0.05, 0) is 57.4 Å². The molecular weight excluding hydrogens is 496 g/mol. The first-order valence-corrected chi connectivity index (χ1v) is 12.4. The average Bonchev–Trinajstić information content (AvgIpc) is 3.15. The van der Waals surface area contributed by atoms with Crippen molar-refractivity contribution in [3.8, 4) is 5.75 Å². The van der Waals surface area contributed by atoms with E-state index in [2.05, 4.69) is 10.6 Å². The van der Waals surface area contributed by atoms with Crippen LogP contribution in [0.2, 0.25) is 0 Å². The Morgan fingerprint density at radius 3 is 2.45 bits per heavy atom. The Balaban J connectivity index is 1.96. The summed E-state index contributed by atoms with van der Waals surface area (Å²) >= 11 is 0. The number of halogens is 2. The maximum absolute atomic E-state index is 14.8. The Kier molecular flexibility index (Phi) is 8.88. The van der Waals surface area contributed by atoms with Gasteiger partial charge in [0.25, 0.3) is 17.7 Å². The minimum Gasteiger partial charge on any atom is -0.508 e. The summed E-state index contributed by atoms with van der Waals surface area (Å²) < 4.78 is 29.6. The molecule has 38 heavy (non-hydrogen) atoms. The molecule has 3 unspecified atom stereocenters. The van der Waals surface area contributed by atoms with Gasteiger partial charge in [-0.1, -0.05) is 36.4 Å². The zero-order chi connectivity index (χ0) is 28.2. The molecule has 10 heteroatoms. The van der Waals surface area contributed by atoms with Crippen molar-refractivity contribution in [2.75, 3.05) is 13.1 Å². The highest BCUT2D eigenvalue weighted by molar-refractivity contribution is 5.98. The minimum atomic E-state index is -3.46. The van der Waals surface area contributed by atoms with Crippen LogP contribution in [0, 0.1) is 13.8 Å². The lowest BCUT2D eigenvalue weighted by atomic mass is 9.98. The van der Waals surface area contributed by atoms with Gasteiger partial charge in [-0.15, -0.1) is 0 Å². The van der Waals surface area contributed by atoms with Gasteiger partial charge in [-0.2, -0.15) is 8.78 Å². The van der Waals surface area contributed by atoms with Crippen molar-refractivity contribution in [3.05, 3.63) is 76.4 Å². The van der Waals surface area contributed by atoms with Crippen molar-refractivity contribution >= 4 is 17.7 Å². The topological polar surface area (TPSA) is 119 Å². The Morgan fingerprint density at radius 1 is 1.18 bits per heavy atom. The lowest BCUT2D eigenvalue weighted by Crippen LogP contribution is -2.56. The summed E-state index contributed by atoms with van der Waals surface area (Å²) in [5, 5.41) is 26.5. The molecule has 1 heterocycles. The second-order valence-corrected chi connectivity index (χ2v) is 9.38. The number of likely N-dealkylation sites (N-methyl/N-ethyl adjacent to an activating group) is 1. The second kappa shape index (κ2) is 11.7. The van der Waals surface area contributed by atoms with Crippen molar-refractivity contribution in [2.24, 2.45) is 0 Å². The lowest BCUT2D eigenvalue weighted by Gasteiger charge is -2.30. The largest absolute Gasteiger partial charge is 0.508 e. The smallest absolute Gasteiger partial charge is 0.289 e. The third-order valence-electron chi connectivity index (χ3n) is 6.61. The van der Waals surface area contributed by atoms with Crippen molar-refractivity contribution in [3.63, 3.8) is 0 Å². The molecule has 0 aromatic heterocycles. The molecule has 3 amide bonds. The van der Waals surface area contributed by atoms with Crippen molar-refractivity contribution < 1.29 is 33.4 Å². The number of amides is 3. The number of aliphatic hydroxyl groups is 1. The molecule has 3 atom stereocenters. The molecule has 204 valence electrons. The standard InChI is InChI=1S/C28H33F2N3O5/c1-5-20-23(26(37)31-6-2)33(15-28(20,29)30)27(38)24(35)21(14-18-10-8-7-9-11-18)32-25(36)19-12-16(3)13-22(34)17(19)4/h5,7-13,21,23-24,34-35H,6,14-15H2,1-4H3,(H,31,37)(H,32,36)/b20-5-. The van der Waals surface area contributed by atoms with Gasteiger partial charge in [0.2, 0.25) is 5.91 Å². The highest BCUT2D eigenvalue weighted by Gasteiger charge is 2.55. The summed E-state index contributed by atoms with van der Waals surface area (Å²) in [7, 11) is 0. The van der Waals surface area contributed by atoms with Gasteiger partial charge >= 0.3 is 0 Å². The molecule has 1 saturated heterocycles. The van der Waals surface area contributed by atoms with E-state index in [1.54, 1.807) is 57.2 Å². The number of nitrogens with one attached hydrogen (secondary N) is 2. The number of hydrogen-bond donors (Lipinski definition) is 4. The number of alkyl halides is 2. The van der Waals surface area contributed by atoms with Crippen LogP contribution >= 0.6 is 0 Å². The van der Waals surface area contributed by atoms with Crippen LogP contribution in [0.4, 0.5) is 8.78 Å². The van der Waals surface area contributed by atoms with Crippen LogP contribution < -0.4 is 10.6 Å². The van der Waals surface area contributed by atoms with Crippen molar-refractivity contribution in [1.82, 2.24) is 15.5 Å². The molecule has 0 bridgehead atoms. The van der Waals surface area contributed by atoms with Crippen LogP contribution in [0.25, 0.3) is 0 Å². The summed E-state index contributed by atoms with van der Waals surface area (Å²) in [4.78, 5) is 40.1. The lowest BCUT2D eigenvalue weighted by molar-refractivity contribution is -0.146. The molecule has 2 aromatic rings. The second-order valence-electron chi connectivity index (χ2n) is 9.38. The molecule has 8 nitrogen and oxygen atoms in total. The Morgan fingerprint density at radius 2 is 1.84 bits per heavy atom. The zero-order valence-electron chi connectivity index (χ0n) is 21.8. The number of phenolic OH excluding ortho intramolecular Hbond substituents is 1. The van der Waals surface area contributed by atoms with Crippen LogP contribution in [0.1, 0.15) is 40.9 Å². The molecule has 1 fully saturated rings. The summed E-state index contributed by atoms with van der Waals surface area (Å²) in [5.41, 5.74) is 1.22. The minimum absolute atomic E-state index is 0.00284. The first-order chi connectivity index (χ1) is 17.9. The number of nitrogens with zero attached hydrogens (tertiary/aromatic N) is 1. The number of allylic oxidation sites excluding steroid dienone is 1. The van der Waals surface area contributed by atoms with Crippen LogP contribution in [-0.2, 0) is 16.0 Å². The maximum atomic E-state index is 14.8. The number of hydrogen-bond acceptors (Lipinski definition) is 5. The summed E-state index contributed by atoms with van der Waals surface area (Å²) in [6, 6.07) is 8.98. The Labute approximate surface area is 220 Å². The van der Waals surface area contributed by atoms with Gasteiger partial charge in [0, 0.05) is 23.2 Å². The fraction of sp³-hybridized carbons (Fsp3) is 0.393. The van der Waals surface area contributed by atoms with Gasteiger partial charge in [0.1, 0.15) is 11.8 Å². The van der Waals surface area contributed by atoms with E-state index in [1.165, 1.54) is 13.0 Å². The Hall–Kier alpha value is -3.79. The third-order valence-corrected chi connectivity index (χ3v) is 6.61. The molecule has 3 rings (SSSR count). The molecule has 1 aliphatic rings. The van der Waals surface area contributed by atoms with Gasteiger partial charge in [0.15, 0.2) is 6.10 Å². The fourth-order valence-corrected chi connectivity index (χ4v) is 4.67. The monoisotopic (exact) mass is 529 g/mol. The molecule has 0 saturated carbocycles. The molecular formula is C28H33F2N3O5. The van der Waals surface area contributed by atoms with Gasteiger partial charge in [-0.25, -0.2) is 0 Å². The first kappa shape index (κ1) is 28.8. The summed E-state index contributed by atoms with van der Waals surface area (Å²) in [5.74, 6) is -6.10. The van der Waals surface area contributed by atoms with E-state index in [0.29, 0.717) is 21.6 Å². The number of likely N-dealkylation sites (tertiary alicyclic amines) is 1. The number of rotatable bonds is 8. The van der Waals surface area contributed by atoms with Gasteiger partial charge in [-0.3, -0.25) is 14.4 Å². The molecule has 0 radical (unpaired) electrons. The molecule has 0 spiro atoms. The van der Waals surface area contributed by atoms with E-state index in [0.717, 1.165) is 6.08 Å². The number of aryl methyl sites for hydroxylation is 1. The number of aliphatic hydroxyl groups excluding tert-OH is 1. The number of phenols is 1. The number of carbonyl (C=O) groups excluding carboxylic acids is 3.